The zero-order chi connectivity index (χ0) is 25.2. The van der Waals surface area contributed by atoms with Gasteiger partial charge in [0.25, 0.3) is 0 Å². The van der Waals surface area contributed by atoms with Crippen LogP contribution in [-0.4, -0.2) is 109 Å². The van der Waals surface area contributed by atoms with E-state index in [9.17, 15) is 0 Å². The van der Waals surface area contributed by atoms with E-state index in [2.05, 4.69) is 65.8 Å². The van der Waals surface area contributed by atoms with Gasteiger partial charge in [-0.3, -0.25) is 14.9 Å². The van der Waals surface area contributed by atoms with E-state index in [0.717, 1.165) is 106 Å². The van der Waals surface area contributed by atoms with Gasteiger partial charge in [-0.2, -0.15) is 4.98 Å². The Morgan fingerprint density at radius 1 is 0.838 bits per heavy atom. The fourth-order valence-electron chi connectivity index (χ4n) is 5.75. The van der Waals surface area contributed by atoms with Crippen LogP contribution in [0.2, 0.25) is 0 Å². The number of benzene rings is 1. The third-order valence-corrected chi connectivity index (χ3v) is 7.66. The zero-order valence-electron chi connectivity index (χ0n) is 21.9. The maximum Gasteiger partial charge on any atom is 0.227 e. The van der Waals surface area contributed by atoms with Gasteiger partial charge in [0.1, 0.15) is 11.3 Å². The van der Waals surface area contributed by atoms with Crippen molar-refractivity contribution in [3.63, 3.8) is 0 Å². The zero-order valence-corrected chi connectivity index (χ0v) is 21.9. The summed E-state index contributed by atoms with van der Waals surface area (Å²) in [6.45, 7) is 14.7. The highest BCUT2D eigenvalue weighted by molar-refractivity contribution is 5.90. The molecule has 3 fully saturated rings. The Hall–Kier alpha value is -3.08. The number of fused-ring (bicyclic) bond motifs is 1. The molecule has 0 unspecified atom stereocenters. The largest absolute Gasteiger partial charge is 0.370 e. The molecule has 3 saturated heterocycles. The minimum atomic E-state index is 0.149. The molecule has 0 bridgehead atoms. The van der Waals surface area contributed by atoms with Crippen LogP contribution in [0.1, 0.15) is 12.5 Å². The average molecular weight is 504 g/mol. The molecule has 0 aliphatic carbocycles. The van der Waals surface area contributed by atoms with Gasteiger partial charge in [0.2, 0.25) is 5.95 Å². The first-order valence-corrected chi connectivity index (χ1v) is 13.5. The molecular formula is C27H37N9O. The van der Waals surface area contributed by atoms with Crippen LogP contribution in [0.25, 0.3) is 11.0 Å². The van der Waals surface area contributed by atoms with Crippen molar-refractivity contribution in [1.29, 1.82) is 0 Å². The van der Waals surface area contributed by atoms with Gasteiger partial charge in [0.15, 0.2) is 0 Å². The average Bonchev–Trinajstić information content (AvgIpc) is 2.94. The lowest BCUT2D eigenvalue weighted by Gasteiger charge is -2.42. The lowest BCUT2D eigenvalue weighted by Crippen LogP contribution is -2.54. The van der Waals surface area contributed by atoms with E-state index in [1.165, 1.54) is 0 Å². The minimum Gasteiger partial charge on any atom is -0.370 e. The molecule has 10 nitrogen and oxygen atoms in total. The maximum absolute atomic E-state index is 6.40. The van der Waals surface area contributed by atoms with E-state index in [0.29, 0.717) is 0 Å². The predicted molar refractivity (Wildman–Crippen MR) is 147 cm³/mol. The monoisotopic (exact) mass is 503 g/mol. The van der Waals surface area contributed by atoms with Crippen molar-refractivity contribution < 1.29 is 4.74 Å². The number of rotatable bonds is 5. The lowest BCUT2D eigenvalue weighted by atomic mass is 10.1. The van der Waals surface area contributed by atoms with Gasteiger partial charge in [-0.15, -0.1) is 0 Å². The van der Waals surface area contributed by atoms with E-state index in [1.807, 2.05) is 12.3 Å². The molecule has 0 radical (unpaired) electrons. The number of aryl methyl sites for hydroxylation is 1. The molecule has 3 aliphatic heterocycles. The summed E-state index contributed by atoms with van der Waals surface area (Å²) in [6, 6.07) is 6.37. The van der Waals surface area contributed by atoms with Gasteiger partial charge in [-0.05, 0) is 31.5 Å². The van der Waals surface area contributed by atoms with Gasteiger partial charge in [0, 0.05) is 90.6 Å². The summed E-state index contributed by atoms with van der Waals surface area (Å²) in [5, 5.41) is 3.41. The number of ether oxygens (including phenoxy) is 1. The molecule has 2 aromatic heterocycles. The van der Waals surface area contributed by atoms with Crippen molar-refractivity contribution in [2.24, 2.45) is 0 Å². The Balaban J connectivity index is 1.08. The first kappa shape index (κ1) is 24.3. The quantitative estimate of drug-likeness (QED) is 0.554. The Labute approximate surface area is 218 Å². The molecule has 3 aliphatic rings. The van der Waals surface area contributed by atoms with Crippen LogP contribution < -0.4 is 20.0 Å². The van der Waals surface area contributed by atoms with Crippen molar-refractivity contribution in [2.45, 2.75) is 26.1 Å². The van der Waals surface area contributed by atoms with Gasteiger partial charge in [0.05, 0.1) is 23.4 Å². The molecule has 0 spiro atoms. The second kappa shape index (κ2) is 10.7. The molecule has 0 amide bonds. The van der Waals surface area contributed by atoms with Gasteiger partial charge in [-0.25, -0.2) is 4.98 Å². The van der Waals surface area contributed by atoms with Crippen molar-refractivity contribution >= 4 is 28.5 Å². The van der Waals surface area contributed by atoms with Gasteiger partial charge < -0.3 is 24.8 Å². The normalized spacial score (nSPS) is 23.6. The first-order valence-electron chi connectivity index (χ1n) is 13.5. The third-order valence-electron chi connectivity index (χ3n) is 7.66. The molecule has 0 saturated carbocycles. The number of hydrogen-bond donors (Lipinski definition) is 1. The SMILES string of the molecule is Cc1ccc(N2C[C@H](CN3CCN(c4nccc(N5CCNCC5)n4)CC3)O[C@H](C)C2)c2nccnc12. The summed E-state index contributed by atoms with van der Waals surface area (Å²) in [7, 11) is 0. The molecule has 196 valence electrons. The van der Waals surface area contributed by atoms with E-state index in [1.54, 1.807) is 12.4 Å². The number of piperazine rings is 2. The number of morpholine rings is 1. The summed E-state index contributed by atoms with van der Waals surface area (Å²) in [4.78, 5) is 28.4. The van der Waals surface area contributed by atoms with Crippen LogP contribution >= 0.6 is 0 Å². The highest BCUT2D eigenvalue weighted by Crippen LogP contribution is 2.29. The topological polar surface area (TPSA) is 85.8 Å². The van der Waals surface area contributed by atoms with Crippen molar-refractivity contribution in [3.05, 3.63) is 42.4 Å². The van der Waals surface area contributed by atoms with Crippen LogP contribution in [0.3, 0.4) is 0 Å². The number of nitrogens with zero attached hydrogens (tertiary/aromatic N) is 8. The predicted octanol–water partition coefficient (Wildman–Crippen LogP) is 1.55. The number of aromatic nitrogens is 4. The third kappa shape index (κ3) is 5.32. The van der Waals surface area contributed by atoms with Crippen LogP contribution in [0.5, 0.6) is 0 Å². The first-order chi connectivity index (χ1) is 18.1. The Morgan fingerprint density at radius 2 is 1.62 bits per heavy atom. The Morgan fingerprint density at radius 3 is 2.43 bits per heavy atom. The number of nitrogens with one attached hydrogen (secondary N) is 1. The van der Waals surface area contributed by atoms with E-state index >= 15 is 0 Å². The molecular weight excluding hydrogens is 466 g/mol. The summed E-state index contributed by atoms with van der Waals surface area (Å²) in [5.41, 5.74) is 4.27. The molecule has 6 rings (SSSR count). The fraction of sp³-hybridized carbons (Fsp3) is 0.556. The lowest BCUT2D eigenvalue weighted by molar-refractivity contribution is -0.0327. The number of anilines is 3. The van der Waals surface area contributed by atoms with Crippen LogP contribution in [0, 0.1) is 6.92 Å². The molecule has 3 aromatic rings. The second-order valence-corrected chi connectivity index (χ2v) is 10.4. The number of hydrogen-bond acceptors (Lipinski definition) is 10. The highest BCUT2D eigenvalue weighted by Gasteiger charge is 2.30. The minimum absolute atomic E-state index is 0.149. The summed E-state index contributed by atoms with van der Waals surface area (Å²) in [5.74, 6) is 1.88. The molecule has 1 aromatic carbocycles. The van der Waals surface area contributed by atoms with Crippen LogP contribution in [-0.2, 0) is 4.74 Å². The molecule has 5 heterocycles. The summed E-state index contributed by atoms with van der Waals surface area (Å²) in [6.07, 6.45) is 5.77. The second-order valence-electron chi connectivity index (χ2n) is 10.4. The van der Waals surface area contributed by atoms with Crippen molar-refractivity contribution in [2.75, 3.05) is 86.7 Å². The standard InChI is InChI=1S/C27H37N9O/c1-20-3-4-23(26-25(20)29-7-8-30-26)36-17-21(2)37-22(19-36)18-33-13-15-35(16-14-33)27-31-6-5-24(32-27)34-11-9-28-10-12-34/h3-8,21-22,28H,9-19H2,1-2H3/t21-,22+/m1/s1. The summed E-state index contributed by atoms with van der Waals surface area (Å²) < 4.78 is 6.40. The molecule has 2 atom stereocenters. The molecule has 37 heavy (non-hydrogen) atoms. The van der Waals surface area contributed by atoms with Gasteiger partial charge in [-0.1, -0.05) is 6.07 Å². The molecule has 1 N–H and O–H groups in total. The van der Waals surface area contributed by atoms with E-state index in [4.69, 9.17) is 9.72 Å². The van der Waals surface area contributed by atoms with E-state index < -0.39 is 0 Å². The molecule has 10 heteroatoms. The van der Waals surface area contributed by atoms with Crippen LogP contribution in [0.4, 0.5) is 17.5 Å². The van der Waals surface area contributed by atoms with E-state index in [-0.39, 0.29) is 12.2 Å². The van der Waals surface area contributed by atoms with Gasteiger partial charge >= 0.3 is 0 Å². The Bertz CT molecular complexity index is 1210. The van der Waals surface area contributed by atoms with Crippen molar-refractivity contribution in [3.8, 4) is 0 Å². The highest BCUT2D eigenvalue weighted by atomic mass is 16.5. The van der Waals surface area contributed by atoms with Crippen LogP contribution in [0.15, 0.2) is 36.8 Å². The maximum atomic E-state index is 6.40. The summed E-state index contributed by atoms with van der Waals surface area (Å²) >= 11 is 0. The fourth-order valence-corrected chi connectivity index (χ4v) is 5.75. The Kier molecular flexibility index (Phi) is 7.04. The smallest absolute Gasteiger partial charge is 0.227 e. The van der Waals surface area contributed by atoms with Crippen molar-refractivity contribution in [1.82, 2.24) is 30.2 Å².